The monoisotopic (exact) mass is 362 g/mol. The molecule has 4 heteroatoms. The number of rotatable bonds is 4. The standard InChI is InChI=1S/C22H22N2OS/c1-24(22-23-19-13-7-8-14-20(19)26-22)21(25)15-17-11-5-6-12-18(17)16-9-3-2-4-10-16/h2-6,9-12H,7-8,13-15H2,1H3. The van der Waals surface area contributed by atoms with Crippen molar-refractivity contribution < 1.29 is 4.79 Å². The highest BCUT2D eigenvalue weighted by Crippen LogP contribution is 2.32. The summed E-state index contributed by atoms with van der Waals surface area (Å²) in [7, 11) is 1.84. The summed E-state index contributed by atoms with van der Waals surface area (Å²) in [5.41, 5.74) is 4.51. The minimum atomic E-state index is 0.0829. The molecule has 3 aromatic rings. The van der Waals surface area contributed by atoms with E-state index in [1.807, 2.05) is 43.4 Å². The Balaban J connectivity index is 1.56. The van der Waals surface area contributed by atoms with Gasteiger partial charge in [0.1, 0.15) is 0 Å². The number of hydrogen-bond donors (Lipinski definition) is 0. The van der Waals surface area contributed by atoms with Crippen molar-refractivity contribution in [3.05, 3.63) is 70.7 Å². The lowest BCUT2D eigenvalue weighted by Gasteiger charge is -2.15. The van der Waals surface area contributed by atoms with Gasteiger partial charge in [-0.15, -0.1) is 11.3 Å². The number of hydrogen-bond acceptors (Lipinski definition) is 3. The van der Waals surface area contributed by atoms with Gasteiger partial charge >= 0.3 is 0 Å². The maximum absolute atomic E-state index is 12.9. The summed E-state index contributed by atoms with van der Waals surface area (Å²) in [5, 5.41) is 0.832. The first-order valence-electron chi connectivity index (χ1n) is 9.11. The minimum Gasteiger partial charge on any atom is -0.291 e. The number of aryl methyl sites for hydroxylation is 2. The fourth-order valence-corrected chi connectivity index (χ4v) is 4.57. The third-order valence-electron chi connectivity index (χ3n) is 4.94. The maximum Gasteiger partial charge on any atom is 0.232 e. The Morgan fingerprint density at radius 1 is 1.04 bits per heavy atom. The van der Waals surface area contributed by atoms with Crippen LogP contribution in [0.2, 0.25) is 0 Å². The number of anilines is 1. The van der Waals surface area contributed by atoms with E-state index in [1.165, 1.54) is 23.4 Å². The van der Waals surface area contributed by atoms with Gasteiger partial charge in [-0.3, -0.25) is 9.69 Å². The highest BCUT2D eigenvalue weighted by molar-refractivity contribution is 7.15. The van der Waals surface area contributed by atoms with Crippen LogP contribution in [-0.4, -0.2) is 17.9 Å². The minimum absolute atomic E-state index is 0.0829. The van der Waals surface area contributed by atoms with E-state index in [-0.39, 0.29) is 5.91 Å². The van der Waals surface area contributed by atoms with Crippen molar-refractivity contribution in [1.82, 2.24) is 4.98 Å². The van der Waals surface area contributed by atoms with Crippen LogP contribution in [-0.2, 0) is 24.1 Å². The van der Waals surface area contributed by atoms with Crippen molar-refractivity contribution in [1.29, 1.82) is 0 Å². The molecule has 132 valence electrons. The van der Waals surface area contributed by atoms with Gasteiger partial charge in [0.05, 0.1) is 12.1 Å². The zero-order valence-electron chi connectivity index (χ0n) is 14.9. The van der Waals surface area contributed by atoms with Crippen LogP contribution in [0.1, 0.15) is 29.0 Å². The Labute approximate surface area is 158 Å². The SMILES string of the molecule is CN(C(=O)Cc1ccccc1-c1ccccc1)c1nc2c(s1)CCCC2. The van der Waals surface area contributed by atoms with Crippen molar-refractivity contribution in [2.45, 2.75) is 32.1 Å². The molecule has 0 bridgehead atoms. The Kier molecular flexibility index (Phi) is 4.85. The van der Waals surface area contributed by atoms with E-state index >= 15 is 0 Å². The zero-order chi connectivity index (χ0) is 17.9. The Morgan fingerprint density at radius 2 is 1.77 bits per heavy atom. The number of carbonyl (C=O) groups is 1. The van der Waals surface area contributed by atoms with Crippen LogP contribution >= 0.6 is 11.3 Å². The molecule has 0 aliphatic heterocycles. The van der Waals surface area contributed by atoms with Crippen molar-refractivity contribution >= 4 is 22.4 Å². The average molecular weight is 362 g/mol. The van der Waals surface area contributed by atoms with Gasteiger partial charge in [-0.2, -0.15) is 0 Å². The van der Waals surface area contributed by atoms with Crippen LogP contribution in [0.15, 0.2) is 54.6 Å². The van der Waals surface area contributed by atoms with Gasteiger partial charge in [0.15, 0.2) is 5.13 Å². The van der Waals surface area contributed by atoms with Crippen LogP contribution in [0.3, 0.4) is 0 Å². The fourth-order valence-electron chi connectivity index (χ4n) is 3.44. The molecule has 0 saturated carbocycles. The molecule has 1 aromatic heterocycles. The van der Waals surface area contributed by atoms with E-state index in [1.54, 1.807) is 16.2 Å². The van der Waals surface area contributed by atoms with Gasteiger partial charge in [0.25, 0.3) is 0 Å². The lowest BCUT2D eigenvalue weighted by atomic mass is 9.97. The molecule has 4 rings (SSSR count). The number of benzene rings is 2. The fraction of sp³-hybridized carbons (Fsp3) is 0.273. The summed E-state index contributed by atoms with van der Waals surface area (Å²) in [5.74, 6) is 0.0829. The molecule has 0 unspecified atom stereocenters. The second kappa shape index (κ2) is 7.42. The molecule has 26 heavy (non-hydrogen) atoms. The van der Waals surface area contributed by atoms with Crippen LogP contribution in [0.4, 0.5) is 5.13 Å². The van der Waals surface area contributed by atoms with Crippen molar-refractivity contribution in [3.8, 4) is 11.1 Å². The quantitative estimate of drug-likeness (QED) is 0.662. The van der Waals surface area contributed by atoms with E-state index in [0.717, 1.165) is 34.7 Å². The van der Waals surface area contributed by atoms with Crippen LogP contribution < -0.4 is 4.90 Å². The summed E-state index contributed by atoms with van der Waals surface area (Å²) < 4.78 is 0. The first-order chi connectivity index (χ1) is 12.7. The topological polar surface area (TPSA) is 33.2 Å². The molecule has 0 atom stereocenters. The largest absolute Gasteiger partial charge is 0.291 e. The van der Waals surface area contributed by atoms with E-state index in [9.17, 15) is 4.79 Å². The van der Waals surface area contributed by atoms with Crippen LogP contribution in [0, 0.1) is 0 Å². The van der Waals surface area contributed by atoms with Crippen molar-refractivity contribution in [3.63, 3.8) is 0 Å². The molecule has 1 aliphatic rings. The van der Waals surface area contributed by atoms with Gasteiger partial charge in [-0.05, 0) is 42.4 Å². The highest BCUT2D eigenvalue weighted by Gasteiger charge is 2.21. The average Bonchev–Trinajstić information content (AvgIpc) is 3.12. The molecule has 1 aliphatic carbocycles. The number of amides is 1. The molecule has 0 radical (unpaired) electrons. The smallest absolute Gasteiger partial charge is 0.232 e. The number of aromatic nitrogens is 1. The van der Waals surface area contributed by atoms with Gasteiger partial charge in [0, 0.05) is 11.9 Å². The molecule has 1 amide bonds. The molecule has 0 fully saturated rings. The number of fused-ring (bicyclic) bond motifs is 1. The van der Waals surface area contributed by atoms with Gasteiger partial charge < -0.3 is 0 Å². The third kappa shape index (κ3) is 3.42. The first-order valence-corrected chi connectivity index (χ1v) is 9.92. The summed E-state index contributed by atoms with van der Waals surface area (Å²) in [6, 6.07) is 18.4. The highest BCUT2D eigenvalue weighted by atomic mass is 32.1. The van der Waals surface area contributed by atoms with Crippen molar-refractivity contribution in [2.24, 2.45) is 0 Å². The first kappa shape index (κ1) is 17.0. The Bertz CT molecular complexity index is 893. The lowest BCUT2D eigenvalue weighted by molar-refractivity contribution is -0.117. The number of carbonyl (C=O) groups excluding carboxylic acids is 1. The molecule has 0 spiro atoms. The number of likely N-dealkylation sites (N-methyl/N-ethyl adjacent to an activating group) is 1. The summed E-state index contributed by atoms with van der Waals surface area (Å²) >= 11 is 1.68. The predicted octanol–water partition coefficient (Wildman–Crippen LogP) is 4.89. The second-order valence-corrected chi connectivity index (χ2v) is 7.79. The maximum atomic E-state index is 12.9. The van der Waals surface area contributed by atoms with Gasteiger partial charge in [0.2, 0.25) is 5.91 Å². The summed E-state index contributed by atoms with van der Waals surface area (Å²) in [6.45, 7) is 0. The lowest BCUT2D eigenvalue weighted by Crippen LogP contribution is -2.28. The normalized spacial score (nSPS) is 13.3. The van der Waals surface area contributed by atoms with E-state index < -0.39 is 0 Å². The van der Waals surface area contributed by atoms with Gasteiger partial charge in [-0.1, -0.05) is 54.6 Å². The Morgan fingerprint density at radius 3 is 2.58 bits per heavy atom. The molecular formula is C22H22N2OS. The molecule has 0 N–H and O–H groups in total. The van der Waals surface area contributed by atoms with E-state index in [0.29, 0.717) is 6.42 Å². The van der Waals surface area contributed by atoms with E-state index in [4.69, 9.17) is 4.98 Å². The predicted molar refractivity (Wildman–Crippen MR) is 108 cm³/mol. The Hall–Kier alpha value is -2.46. The summed E-state index contributed by atoms with van der Waals surface area (Å²) in [4.78, 5) is 20.7. The number of nitrogens with zero attached hydrogens (tertiary/aromatic N) is 2. The van der Waals surface area contributed by atoms with Crippen LogP contribution in [0.25, 0.3) is 11.1 Å². The second-order valence-electron chi connectivity index (χ2n) is 6.73. The molecule has 1 heterocycles. The third-order valence-corrected chi connectivity index (χ3v) is 6.17. The van der Waals surface area contributed by atoms with Crippen molar-refractivity contribution in [2.75, 3.05) is 11.9 Å². The zero-order valence-corrected chi connectivity index (χ0v) is 15.8. The molecule has 3 nitrogen and oxygen atoms in total. The van der Waals surface area contributed by atoms with E-state index in [2.05, 4.69) is 18.2 Å². The molecule has 0 saturated heterocycles. The molecular weight excluding hydrogens is 340 g/mol. The molecule has 2 aromatic carbocycles. The summed E-state index contributed by atoms with van der Waals surface area (Å²) in [6.07, 6.45) is 4.97. The van der Waals surface area contributed by atoms with Crippen LogP contribution in [0.5, 0.6) is 0 Å². The number of thiazole rings is 1. The van der Waals surface area contributed by atoms with Gasteiger partial charge in [-0.25, -0.2) is 4.98 Å².